The van der Waals surface area contributed by atoms with Crippen molar-refractivity contribution >= 4 is 50.7 Å². The van der Waals surface area contributed by atoms with Gasteiger partial charge in [-0.05, 0) is 45.0 Å². The molecule has 3 rings (SSSR count). The van der Waals surface area contributed by atoms with Crippen molar-refractivity contribution in [1.82, 2.24) is 10.2 Å². The van der Waals surface area contributed by atoms with Crippen LogP contribution in [-0.2, 0) is 26.2 Å². The number of nitrogens with zero attached hydrogens (tertiary/aromatic N) is 2. The lowest BCUT2D eigenvalue weighted by molar-refractivity contribution is -0.139. The van der Waals surface area contributed by atoms with Crippen LogP contribution in [0, 0.1) is 0 Å². The van der Waals surface area contributed by atoms with Gasteiger partial charge in [-0.3, -0.25) is 13.9 Å². The van der Waals surface area contributed by atoms with Crippen LogP contribution in [0.3, 0.4) is 0 Å². The van der Waals surface area contributed by atoms with Gasteiger partial charge in [-0.1, -0.05) is 29.3 Å². The topological polar surface area (TPSA) is 105 Å². The quantitative estimate of drug-likeness (QED) is 0.492. The summed E-state index contributed by atoms with van der Waals surface area (Å²) in [5, 5.41) is 3.34. The average Bonchev–Trinajstić information content (AvgIpc) is 3.30. The molecule has 0 aliphatic carbocycles. The standard InChI is InChI=1S/C23H27Cl2N3O6S/c1-4-26-23(30)15(3)27(12-17-18(24)7-6-8-19(17)25)22(29)13-28(35(31,32)5-2)16-9-10-20-21(11-16)34-14-33-20/h6-11,15H,4-5,12-14H2,1-3H3,(H,26,30)/t15-/m0/s1. The van der Waals surface area contributed by atoms with Gasteiger partial charge in [0.15, 0.2) is 11.5 Å². The number of rotatable bonds is 10. The van der Waals surface area contributed by atoms with Gasteiger partial charge in [0.25, 0.3) is 0 Å². The number of ether oxygens (including phenoxy) is 2. The largest absolute Gasteiger partial charge is 0.454 e. The Labute approximate surface area is 214 Å². The summed E-state index contributed by atoms with van der Waals surface area (Å²) >= 11 is 12.6. The van der Waals surface area contributed by atoms with Crippen molar-refractivity contribution in [3.63, 3.8) is 0 Å². The number of nitrogens with one attached hydrogen (secondary N) is 1. The van der Waals surface area contributed by atoms with E-state index in [0.717, 1.165) is 4.31 Å². The molecule has 1 heterocycles. The minimum Gasteiger partial charge on any atom is -0.454 e. The SMILES string of the molecule is CCNC(=O)[C@H](C)N(Cc1c(Cl)cccc1Cl)C(=O)CN(c1ccc2c(c1)OCO2)S(=O)(=O)CC. The van der Waals surface area contributed by atoms with Gasteiger partial charge in [0.2, 0.25) is 28.6 Å². The molecule has 190 valence electrons. The number of amides is 2. The Bertz CT molecular complexity index is 1190. The van der Waals surface area contributed by atoms with Gasteiger partial charge in [-0.25, -0.2) is 8.42 Å². The highest BCUT2D eigenvalue weighted by atomic mass is 35.5. The molecular weight excluding hydrogens is 517 g/mol. The number of hydrogen-bond acceptors (Lipinski definition) is 6. The molecule has 0 fully saturated rings. The summed E-state index contributed by atoms with van der Waals surface area (Å²) in [5.74, 6) is -0.376. The van der Waals surface area contributed by atoms with Crippen LogP contribution < -0.4 is 19.1 Å². The summed E-state index contributed by atoms with van der Waals surface area (Å²) in [6.45, 7) is 4.57. The fourth-order valence-corrected chi connectivity index (χ4v) is 5.09. The molecule has 2 amide bonds. The van der Waals surface area contributed by atoms with Crippen molar-refractivity contribution < 1.29 is 27.5 Å². The predicted octanol–water partition coefficient (Wildman–Crippen LogP) is 3.43. The Morgan fingerprint density at radius 2 is 1.74 bits per heavy atom. The molecule has 1 aliphatic rings. The third-order valence-corrected chi connectivity index (χ3v) is 7.98. The van der Waals surface area contributed by atoms with Gasteiger partial charge in [-0.15, -0.1) is 0 Å². The molecule has 2 aromatic rings. The van der Waals surface area contributed by atoms with E-state index in [2.05, 4.69) is 5.32 Å². The first-order valence-corrected chi connectivity index (χ1v) is 13.4. The molecule has 0 spiro atoms. The van der Waals surface area contributed by atoms with Crippen LogP contribution in [0.25, 0.3) is 0 Å². The van der Waals surface area contributed by atoms with E-state index in [4.69, 9.17) is 32.7 Å². The molecular formula is C23H27Cl2N3O6S. The Morgan fingerprint density at radius 1 is 1.09 bits per heavy atom. The fraction of sp³-hybridized carbons (Fsp3) is 0.391. The van der Waals surface area contributed by atoms with Crippen molar-refractivity contribution in [3.8, 4) is 11.5 Å². The van der Waals surface area contributed by atoms with Crippen LogP contribution >= 0.6 is 23.2 Å². The summed E-state index contributed by atoms with van der Waals surface area (Å²) in [7, 11) is -3.87. The molecule has 0 saturated carbocycles. The Balaban J connectivity index is 1.98. The number of fused-ring (bicyclic) bond motifs is 1. The summed E-state index contributed by atoms with van der Waals surface area (Å²) in [6, 6.07) is 8.63. The average molecular weight is 544 g/mol. The summed E-state index contributed by atoms with van der Waals surface area (Å²) < 4.78 is 37.7. The number of likely N-dealkylation sites (N-methyl/N-ethyl adjacent to an activating group) is 1. The van der Waals surface area contributed by atoms with E-state index in [1.807, 2.05) is 0 Å². The second-order valence-corrected chi connectivity index (χ2v) is 10.7. The Hall–Kier alpha value is -2.69. The zero-order valence-electron chi connectivity index (χ0n) is 19.6. The first kappa shape index (κ1) is 26.9. The minimum absolute atomic E-state index is 0.0225. The molecule has 0 radical (unpaired) electrons. The summed E-state index contributed by atoms with van der Waals surface area (Å²) in [5.41, 5.74) is 0.694. The molecule has 0 saturated heterocycles. The van der Waals surface area contributed by atoms with Crippen LogP contribution in [-0.4, -0.2) is 56.8 Å². The number of sulfonamides is 1. The van der Waals surface area contributed by atoms with Crippen molar-refractivity contribution in [3.05, 3.63) is 52.0 Å². The van der Waals surface area contributed by atoms with Gasteiger partial charge in [0, 0.05) is 34.8 Å². The molecule has 0 bridgehead atoms. The highest BCUT2D eigenvalue weighted by Crippen LogP contribution is 2.36. The zero-order chi connectivity index (χ0) is 25.8. The molecule has 1 N–H and O–H groups in total. The van der Waals surface area contributed by atoms with Crippen molar-refractivity contribution in [2.45, 2.75) is 33.4 Å². The highest BCUT2D eigenvalue weighted by Gasteiger charge is 2.32. The van der Waals surface area contributed by atoms with E-state index in [9.17, 15) is 18.0 Å². The normalized spacial score (nSPS) is 13.3. The number of carbonyl (C=O) groups is 2. The molecule has 35 heavy (non-hydrogen) atoms. The van der Waals surface area contributed by atoms with Gasteiger partial charge in [-0.2, -0.15) is 0 Å². The van der Waals surface area contributed by atoms with E-state index >= 15 is 0 Å². The predicted molar refractivity (Wildman–Crippen MR) is 135 cm³/mol. The van der Waals surface area contributed by atoms with Gasteiger partial charge < -0.3 is 19.7 Å². The first-order chi connectivity index (χ1) is 16.6. The lowest BCUT2D eigenvalue weighted by atomic mass is 10.1. The van der Waals surface area contributed by atoms with Gasteiger partial charge in [0.05, 0.1) is 11.4 Å². The molecule has 9 nitrogen and oxygen atoms in total. The summed E-state index contributed by atoms with van der Waals surface area (Å²) in [6.07, 6.45) is 0. The van der Waals surface area contributed by atoms with E-state index in [1.54, 1.807) is 38.1 Å². The number of halogens is 2. The highest BCUT2D eigenvalue weighted by molar-refractivity contribution is 7.92. The molecule has 1 atom stereocenters. The maximum Gasteiger partial charge on any atom is 0.244 e. The van der Waals surface area contributed by atoms with E-state index < -0.39 is 34.4 Å². The smallest absolute Gasteiger partial charge is 0.244 e. The van der Waals surface area contributed by atoms with Crippen molar-refractivity contribution in [2.24, 2.45) is 0 Å². The lowest BCUT2D eigenvalue weighted by Gasteiger charge is -2.32. The van der Waals surface area contributed by atoms with E-state index in [-0.39, 0.29) is 24.8 Å². The lowest BCUT2D eigenvalue weighted by Crippen LogP contribution is -2.51. The second kappa shape index (κ2) is 11.4. The van der Waals surface area contributed by atoms with E-state index in [0.29, 0.717) is 33.7 Å². The van der Waals surface area contributed by atoms with E-state index in [1.165, 1.54) is 24.0 Å². The van der Waals surface area contributed by atoms with Gasteiger partial charge in [0.1, 0.15) is 12.6 Å². The van der Waals surface area contributed by atoms with Crippen molar-refractivity contribution in [2.75, 3.05) is 29.9 Å². The van der Waals surface area contributed by atoms with Crippen molar-refractivity contribution in [1.29, 1.82) is 0 Å². The van der Waals surface area contributed by atoms with Crippen LogP contribution in [0.4, 0.5) is 5.69 Å². The second-order valence-electron chi connectivity index (χ2n) is 7.74. The Kier molecular flexibility index (Phi) is 8.74. The molecule has 0 aromatic heterocycles. The molecule has 12 heteroatoms. The van der Waals surface area contributed by atoms with Crippen LogP contribution in [0.2, 0.25) is 10.0 Å². The maximum absolute atomic E-state index is 13.6. The number of carbonyl (C=O) groups excluding carboxylic acids is 2. The minimum atomic E-state index is -3.87. The third-order valence-electron chi connectivity index (χ3n) is 5.53. The zero-order valence-corrected chi connectivity index (χ0v) is 21.9. The maximum atomic E-state index is 13.6. The first-order valence-electron chi connectivity index (χ1n) is 11.0. The number of benzene rings is 2. The fourth-order valence-electron chi connectivity index (χ4n) is 3.52. The summed E-state index contributed by atoms with van der Waals surface area (Å²) in [4.78, 5) is 27.5. The molecule has 1 aliphatic heterocycles. The van der Waals surface area contributed by atoms with Crippen LogP contribution in [0.15, 0.2) is 36.4 Å². The molecule has 2 aromatic carbocycles. The molecule has 0 unspecified atom stereocenters. The van der Waals surface area contributed by atoms with Gasteiger partial charge >= 0.3 is 0 Å². The Morgan fingerprint density at radius 3 is 2.37 bits per heavy atom. The van der Waals surface area contributed by atoms with Crippen LogP contribution in [0.1, 0.15) is 26.3 Å². The van der Waals surface area contributed by atoms with Crippen LogP contribution in [0.5, 0.6) is 11.5 Å². The number of hydrogen-bond donors (Lipinski definition) is 1. The third kappa shape index (κ3) is 6.12. The monoisotopic (exact) mass is 543 g/mol. The number of anilines is 1.